The van der Waals surface area contributed by atoms with Crippen molar-refractivity contribution in [2.75, 3.05) is 20.6 Å². The molecule has 0 bridgehead atoms. The molecule has 0 heterocycles. The molecule has 0 unspecified atom stereocenters. The van der Waals surface area contributed by atoms with Crippen LogP contribution in [0, 0.1) is 0 Å². The molecule has 1 N–H and O–H groups in total. The highest BCUT2D eigenvalue weighted by molar-refractivity contribution is 6.87. The topological polar surface area (TPSA) is 63.0 Å². The number of hydrogen-bond acceptors (Lipinski definition) is 4. The van der Waals surface area contributed by atoms with Crippen LogP contribution in [0.5, 0.6) is 0 Å². The molecule has 24 heavy (non-hydrogen) atoms. The lowest BCUT2D eigenvalue weighted by Gasteiger charge is -2.38. The van der Waals surface area contributed by atoms with Crippen LogP contribution in [0.15, 0.2) is 0 Å². The summed E-state index contributed by atoms with van der Waals surface area (Å²) in [6.45, 7) is 18.2. The Morgan fingerprint density at radius 1 is 0.875 bits per heavy atom. The number of unbranched alkanes of at least 4 members (excludes halogenated alkanes) is 2. The fourth-order valence-corrected chi connectivity index (χ4v) is 15.1. The van der Waals surface area contributed by atoms with Gasteiger partial charge in [0.2, 0.25) is 0 Å². The van der Waals surface area contributed by atoms with E-state index >= 15 is 0 Å². The zero-order valence-electron chi connectivity index (χ0n) is 17.7. The first-order valence-electron chi connectivity index (χ1n) is 8.93. The summed E-state index contributed by atoms with van der Waals surface area (Å²) in [4.78, 5) is 10.4. The summed E-state index contributed by atoms with van der Waals surface area (Å²) in [5.41, 5.74) is 0. The van der Waals surface area contributed by atoms with Crippen molar-refractivity contribution < 1.29 is 23.0 Å². The van der Waals surface area contributed by atoms with Crippen molar-refractivity contribution in [1.82, 2.24) is 0 Å². The maximum absolute atomic E-state index is 8.89. The molecular formula is C16H41NO4Si3. The van der Waals surface area contributed by atoms with Gasteiger partial charge in [-0.25, -0.2) is 0 Å². The molecule has 0 rings (SSSR count). The number of carbonyl (C=O) groups is 1. The first kappa shape index (κ1) is 26.2. The largest absolute Gasteiger partial charge is 0.550 e. The second kappa shape index (κ2) is 11.6. The summed E-state index contributed by atoms with van der Waals surface area (Å²) in [7, 11) is -0.581. The van der Waals surface area contributed by atoms with Gasteiger partial charge < -0.3 is 23.0 Å². The molecule has 5 nitrogen and oxygen atoms in total. The summed E-state index contributed by atoms with van der Waals surface area (Å²) < 4.78 is 13.0. The van der Waals surface area contributed by atoms with Crippen molar-refractivity contribution >= 4 is 31.2 Å². The standard InChI is InChI=1S/C14H37NO2Si3.C2H4O2/c1-15(2)13-11-10-12-14-20(9,16-18(3,4)5)17-19(6,7)8;1-2(3)4/h10-14H2,1-9H3;1H3,(H,3,4). The SMILES string of the molecule is CC(=O)[O-].C[NH+](C)CCCCC[Si](C)(O[Si](C)(C)C)O[Si](C)(C)C. The molecular weight excluding hydrogens is 354 g/mol. The Morgan fingerprint density at radius 3 is 1.54 bits per heavy atom. The van der Waals surface area contributed by atoms with Crippen LogP contribution in [-0.4, -0.2) is 51.8 Å². The van der Waals surface area contributed by atoms with Crippen molar-refractivity contribution in [1.29, 1.82) is 0 Å². The normalized spacial score (nSPS) is 12.8. The van der Waals surface area contributed by atoms with E-state index in [1.807, 2.05) is 0 Å². The van der Waals surface area contributed by atoms with Crippen LogP contribution in [0.25, 0.3) is 0 Å². The van der Waals surface area contributed by atoms with Crippen LogP contribution in [0.3, 0.4) is 0 Å². The summed E-state index contributed by atoms with van der Waals surface area (Å²) in [5, 5.41) is 8.89. The van der Waals surface area contributed by atoms with Gasteiger partial charge in [0.15, 0.2) is 16.6 Å². The minimum Gasteiger partial charge on any atom is -0.550 e. The van der Waals surface area contributed by atoms with Gasteiger partial charge in [0.1, 0.15) is 0 Å². The Morgan fingerprint density at radius 2 is 1.25 bits per heavy atom. The molecule has 0 aliphatic carbocycles. The van der Waals surface area contributed by atoms with Crippen molar-refractivity contribution in [3.8, 4) is 0 Å². The van der Waals surface area contributed by atoms with Gasteiger partial charge in [-0.3, -0.25) is 0 Å². The van der Waals surface area contributed by atoms with Gasteiger partial charge in [-0.2, -0.15) is 0 Å². The summed E-state index contributed by atoms with van der Waals surface area (Å²) >= 11 is 0. The smallest absolute Gasteiger partial charge is 0.314 e. The summed E-state index contributed by atoms with van der Waals surface area (Å²) in [6.07, 6.45) is 3.87. The summed E-state index contributed by atoms with van der Waals surface area (Å²) in [6, 6.07) is 1.16. The molecule has 0 fully saturated rings. The van der Waals surface area contributed by atoms with Crippen LogP contribution >= 0.6 is 0 Å². The molecule has 0 aliphatic rings. The molecule has 0 aromatic rings. The third-order valence-corrected chi connectivity index (χ3v) is 12.5. The number of hydrogen-bond donors (Lipinski definition) is 1. The lowest BCUT2D eigenvalue weighted by Crippen LogP contribution is -3.05. The molecule has 0 saturated heterocycles. The Balaban J connectivity index is 0. The Hall–Kier alpha value is 0.000649. The van der Waals surface area contributed by atoms with E-state index in [0.29, 0.717) is 0 Å². The van der Waals surface area contributed by atoms with Gasteiger partial charge in [0.05, 0.1) is 20.6 Å². The van der Waals surface area contributed by atoms with E-state index in [2.05, 4.69) is 59.9 Å². The second-order valence-electron chi connectivity index (χ2n) is 8.82. The Labute approximate surface area is 153 Å². The number of nitrogens with one attached hydrogen (secondary N) is 1. The molecule has 0 aromatic carbocycles. The monoisotopic (exact) mass is 395 g/mol. The van der Waals surface area contributed by atoms with E-state index in [-0.39, 0.29) is 0 Å². The lowest BCUT2D eigenvalue weighted by molar-refractivity contribution is -0.858. The number of carbonyl (C=O) groups excluding carboxylic acids is 1. The fourth-order valence-electron chi connectivity index (χ4n) is 2.52. The fraction of sp³-hybridized carbons (Fsp3) is 0.938. The van der Waals surface area contributed by atoms with Crippen LogP contribution in [0.4, 0.5) is 0 Å². The third-order valence-electron chi connectivity index (χ3n) is 2.85. The maximum atomic E-state index is 8.89. The maximum Gasteiger partial charge on any atom is 0.314 e. The van der Waals surface area contributed by atoms with Crippen molar-refractivity contribution in [2.24, 2.45) is 0 Å². The van der Waals surface area contributed by atoms with Crippen LogP contribution < -0.4 is 10.0 Å². The quantitative estimate of drug-likeness (QED) is 0.453. The van der Waals surface area contributed by atoms with Gasteiger partial charge in [-0.1, -0.05) is 6.42 Å². The lowest BCUT2D eigenvalue weighted by atomic mass is 10.2. The zero-order valence-corrected chi connectivity index (χ0v) is 20.7. The molecule has 0 amide bonds. The van der Waals surface area contributed by atoms with E-state index in [9.17, 15) is 0 Å². The highest BCUT2D eigenvalue weighted by Crippen LogP contribution is 2.26. The molecule has 8 heteroatoms. The molecule has 146 valence electrons. The van der Waals surface area contributed by atoms with E-state index in [1.54, 1.807) is 4.90 Å². The molecule has 0 aliphatic heterocycles. The number of rotatable bonds is 10. The van der Waals surface area contributed by atoms with Crippen molar-refractivity contribution in [3.05, 3.63) is 0 Å². The predicted molar refractivity (Wildman–Crippen MR) is 107 cm³/mol. The van der Waals surface area contributed by atoms with Gasteiger partial charge >= 0.3 is 8.56 Å². The molecule has 0 saturated carbocycles. The van der Waals surface area contributed by atoms with Gasteiger partial charge in [-0.15, -0.1) is 0 Å². The van der Waals surface area contributed by atoms with E-state index in [4.69, 9.17) is 18.1 Å². The number of quaternary nitrogens is 1. The number of carboxylic acids is 1. The van der Waals surface area contributed by atoms with Crippen LogP contribution in [0.1, 0.15) is 26.2 Å². The van der Waals surface area contributed by atoms with Gasteiger partial charge in [0, 0.05) is 5.97 Å². The van der Waals surface area contributed by atoms with Crippen LogP contribution in [-0.2, 0) is 13.0 Å². The van der Waals surface area contributed by atoms with Crippen molar-refractivity contribution in [2.45, 2.75) is 78.1 Å². The molecule has 0 aromatic heterocycles. The Kier molecular flexibility index (Phi) is 12.7. The van der Waals surface area contributed by atoms with Gasteiger partial charge in [0.25, 0.3) is 0 Å². The first-order chi connectivity index (χ1) is 10.6. The Bertz CT molecular complexity index is 332. The first-order valence-corrected chi connectivity index (χ1v) is 18.3. The molecule has 0 radical (unpaired) electrons. The highest BCUT2D eigenvalue weighted by Gasteiger charge is 2.39. The number of carboxylic acid groups (broad SMARTS) is 1. The molecule has 0 atom stereocenters. The van der Waals surface area contributed by atoms with E-state index in [1.165, 1.54) is 25.8 Å². The minimum absolute atomic E-state index is 0.972. The zero-order chi connectivity index (χ0) is 19.6. The number of aliphatic carboxylic acids is 1. The van der Waals surface area contributed by atoms with Gasteiger partial charge in [-0.05, 0) is 71.6 Å². The van der Waals surface area contributed by atoms with E-state index < -0.39 is 31.2 Å². The molecule has 0 spiro atoms. The average Bonchev–Trinajstić information content (AvgIpc) is 2.21. The van der Waals surface area contributed by atoms with Crippen molar-refractivity contribution in [3.63, 3.8) is 0 Å². The third kappa shape index (κ3) is 22.0. The average molecular weight is 396 g/mol. The summed E-state index contributed by atoms with van der Waals surface area (Å²) in [5.74, 6) is -1.08. The minimum atomic E-state index is -1.98. The van der Waals surface area contributed by atoms with E-state index in [0.717, 1.165) is 13.0 Å². The second-order valence-corrected chi connectivity index (χ2v) is 21.7. The highest BCUT2D eigenvalue weighted by atomic mass is 28.5. The van der Waals surface area contributed by atoms with Crippen LogP contribution in [0.2, 0.25) is 51.9 Å². The predicted octanol–water partition coefficient (Wildman–Crippen LogP) is 1.83.